The molecule has 1 heterocycles. The average molecular weight is 570 g/mol. The topological polar surface area (TPSA) is 93.4 Å². The number of nitrogens with one attached hydrogen (secondary N) is 1. The molecule has 0 spiro atoms. The minimum Gasteiger partial charge on any atom is -0.478 e. The van der Waals surface area contributed by atoms with Gasteiger partial charge in [-0.15, -0.1) is 6.58 Å². The van der Waals surface area contributed by atoms with Crippen molar-refractivity contribution in [3.8, 4) is 6.07 Å². The number of rotatable bonds is 6. The highest BCUT2D eigenvalue weighted by molar-refractivity contribution is 6.31. The summed E-state index contributed by atoms with van der Waals surface area (Å²) < 4.78 is 31.1. The molecule has 6 nitrogen and oxygen atoms in total. The maximum atomic E-state index is 15.6. The Hall–Kier alpha value is -3.93. The molecule has 1 saturated heterocycles. The molecule has 0 unspecified atom stereocenters. The summed E-state index contributed by atoms with van der Waals surface area (Å²) in [5, 5.41) is 22.5. The van der Waals surface area contributed by atoms with Gasteiger partial charge in [-0.05, 0) is 55.8 Å². The summed E-state index contributed by atoms with van der Waals surface area (Å²) in [6.45, 7) is 5.66. The Morgan fingerprint density at radius 3 is 2.46 bits per heavy atom. The molecule has 0 radical (unpaired) electrons. The van der Waals surface area contributed by atoms with Crippen molar-refractivity contribution in [1.82, 2.24) is 4.90 Å². The number of urea groups is 1. The van der Waals surface area contributed by atoms with Crippen LogP contribution in [0.3, 0.4) is 0 Å². The van der Waals surface area contributed by atoms with Gasteiger partial charge in [0, 0.05) is 34.3 Å². The molecule has 39 heavy (non-hydrogen) atoms. The zero-order chi connectivity index (χ0) is 28.5. The predicted octanol–water partition coefficient (Wildman–Crippen LogP) is 7.60. The van der Waals surface area contributed by atoms with Crippen LogP contribution < -0.4 is 5.32 Å². The highest BCUT2D eigenvalue weighted by atomic mass is 35.5. The number of nitrogens with zero attached hydrogens (tertiary/aromatic N) is 2. The molecule has 0 saturated carbocycles. The normalized spacial score (nSPS) is 20.4. The maximum absolute atomic E-state index is 15.6. The third kappa shape index (κ3) is 5.20. The zero-order valence-corrected chi connectivity index (χ0v) is 22.2. The van der Waals surface area contributed by atoms with E-state index in [1.807, 2.05) is 0 Å². The fourth-order valence-electron chi connectivity index (χ4n) is 5.24. The van der Waals surface area contributed by atoms with Crippen molar-refractivity contribution in [1.29, 1.82) is 5.26 Å². The van der Waals surface area contributed by atoms with Gasteiger partial charge in [0.05, 0.1) is 22.7 Å². The fourth-order valence-corrected chi connectivity index (χ4v) is 5.58. The van der Waals surface area contributed by atoms with Crippen LogP contribution in [0.2, 0.25) is 10.0 Å². The Morgan fingerprint density at radius 2 is 1.87 bits per heavy atom. The Kier molecular flexibility index (Phi) is 7.96. The van der Waals surface area contributed by atoms with E-state index in [1.165, 1.54) is 59.5 Å². The van der Waals surface area contributed by atoms with E-state index in [0.717, 1.165) is 6.07 Å². The van der Waals surface area contributed by atoms with Crippen molar-refractivity contribution in [2.24, 2.45) is 5.92 Å². The zero-order valence-electron chi connectivity index (χ0n) is 20.7. The number of hydrogen-bond donors (Lipinski definition) is 2. The number of likely N-dealkylation sites (tertiary alicyclic amines) is 1. The Balaban J connectivity index is 1.91. The molecule has 1 aliphatic rings. The molecule has 0 aromatic heterocycles. The first-order chi connectivity index (χ1) is 18.5. The summed E-state index contributed by atoms with van der Waals surface area (Å²) in [4.78, 5) is 26.2. The van der Waals surface area contributed by atoms with Crippen molar-refractivity contribution in [2.45, 2.75) is 24.8 Å². The number of aromatic carboxylic acids is 1. The van der Waals surface area contributed by atoms with Crippen molar-refractivity contribution in [3.05, 3.63) is 111 Å². The monoisotopic (exact) mass is 569 g/mol. The lowest BCUT2D eigenvalue weighted by Gasteiger charge is -2.36. The lowest BCUT2D eigenvalue weighted by molar-refractivity contribution is 0.0697. The van der Waals surface area contributed by atoms with Crippen LogP contribution in [-0.4, -0.2) is 28.6 Å². The third-order valence-electron chi connectivity index (χ3n) is 6.88. The summed E-state index contributed by atoms with van der Waals surface area (Å²) in [5.41, 5.74) is -0.852. The van der Waals surface area contributed by atoms with Crippen LogP contribution in [0.25, 0.3) is 0 Å². The first-order valence-corrected chi connectivity index (χ1v) is 12.6. The van der Waals surface area contributed by atoms with E-state index in [1.54, 1.807) is 6.92 Å². The van der Waals surface area contributed by atoms with E-state index in [0.29, 0.717) is 5.57 Å². The second kappa shape index (κ2) is 11.0. The largest absolute Gasteiger partial charge is 0.478 e. The minimum atomic E-state index is -1.75. The van der Waals surface area contributed by atoms with Crippen molar-refractivity contribution >= 4 is 40.9 Å². The van der Waals surface area contributed by atoms with Gasteiger partial charge in [0.1, 0.15) is 17.0 Å². The molecule has 1 aliphatic heterocycles. The van der Waals surface area contributed by atoms with Gasteiger partial charge in [0.25, 0.3) is 0 Å². The second-order valence-electron chi connectivity index (χ2n) is 9.47. The highest BCUT2D eigenvalue weighted by Gasteiger charge is 2.59. The number of carboxylic acids is 1. The summed E-state index contributed by atoms with van der Waals surface area (Å²) in [7, 11) is 0. The van der Waals surface area contributed by atoms with Crippen molar-refractivity contribution < 1.29 is 23.5 Å². The highest BCUT2D eigenvalue weighted by Crippen LogP contribution is 2.55. The van der Waals surface area contributed by atoms with Crippen molar-refractivity contribution in [3.63, 3.8) is 0 Å². The van der Waals surface area contributed by atoms with Crippen LogP contribution in [0.15, 0.2) is 72.8 Å². The van der Waals surface area contributed by atoms with Crippen LogP contribution in [-0.2, 0) is 5.41 Å². The molecule has 0 bridgehead atoms. The van der Waals surface area contributed by atoms with E-state index < -0.39 is 41.0 Å². The first kappa shape index (κ1) is 28.1. The standard InChI is InChI=1S/C29H23Cl2F2N3O3/c1-16(2)12-18-14-36(28(39)35-20-9-6-17(7-10-20)27(37)38)26(21-4-3-5-23(31)25(21)33)29(18,15-34)22-11-8-19(30)13-24(22)32/h3-11,13,18,26H,1,12,14H2,2H3,(H,35,39)(H,37,38)/t18-,26-,29-/m0/s1. The van der Waals surface area contributed by atoms with Crippen LogP contribution in [0.1, 0.15) is 40.9 Å². The molecule has 10 heteroatoms. The molecular formula is C29H23Cl2F2N3O3. The number of allylic oxidation sites excluding steroid dienone is 1. The van der Waals surface area contributed by atoms with E-state index in [4.69, 9.17) is 28.3 Å². The molecule has 200 valence electrons. The van der Waals surface area contributed by atoms with Gasteiger partial charge in [-0.2, -0.15) is 5.26 Å². The molecule has 4 rings (SSSR count). The summed E-state index contributed by atoms with van der Waals surface area (Å²) in [6, 6.07) is 13.9. The van der Waals surface area contributed by atoms with Crippen LogP contribution in [0.5, 0.6) is 0 Å². The molecule has 3 aromatic carbocycles. The summed E-state index contributed by atoms with van der Waals surface area (Å²) in [5.74, 6) is -3.41. The second-order valence-corrected chi connectivity index (χ2v) is 10.3. The smallest absolute Gasteiger partial charge is 0.335 e. The lowest BCUT2D eigenvalue weighted by Crippen LogP contribution is -2.41. The van der Waals surface area contributed by atoms with Crippen LogP contribution in [0, 0.1) is 28.9 Å². The van der Waals surface area contributed by atoms with Gasteiger partial charge >= 0.3 is 12.0 Å². The third-order valence-corrected chi connectivity index (χ3v) is 7.41. The van der Waals surface area contributed by atoms with Gasteiger partial charge in [-0.3, -0.25) is 0 Å². The molecule has 2 N–H and O–H groups in total. The summed E-state index contributed by atoms with van der Waals surface area (Å²) in [6.07, 6.45) is 0.241. The Labute approximate surface area is 234 Å². The molecule has 3 aromatic rings. The van der Waals surface area contributed by atoms with E-state index in [9.17, 15) is 14.9 Å². The number of nitriles is 1. The molecular weight excluding hydrogens is 547 g/mol. The number of halogens is 4. The molecule has 1 fully saturated rings. The van der Waals surface area contributed by atoms with Crippen molar-refractivity contribution in [2.75, 3.05) is 11.9 Å². The predicted molar refractivity (Wildman–Crippen MR) is 145 cm³/mol. The van der Waals surface area contributed by atoms with Gasteiger partial charge in [-0.1, -0.05) is 47.0 Å². The maximum Gasteiger partial charge on any atom is 0.335 e. The minimum absolute atomic E-state index is 0.0243. The van der Waals surface area contributed by atoms with Gasteiger partial charge in [-0.25, -0.2) is 18.4 Å². The van der Waals surface area contributed by atoms with Crippen LogP contribution in [0.4, 0.5) is 19.3 Å². The lowest BCUT2D eigenvalue weighted by atomic mass is 9.65. The molecule has 2 amide bonds. The fraction of sp³-hybridized carbons (Fsp3) is 0.207. The van der Waals surface area contributed by atoms with Gasteiger partial charge < -0.3 is 15.3 Å². The number of carbonyl (C=O) groups is 2. The van der Waals surface area contributed by atoms with Crippen LogP contribution >= 0.6 is 23.2 Å². The van der Waals surface area contributed by atoms with E-state index in [-0.39, 0.29) is 45.4 Å². The Bertz CT molecular complexity index is 1510. The van der Waals surface area contributed by atoms with Gasteiger partial charge in [0.15, 0.2) is 0 Å². The SMILES string of the molecule is C=C(C)C[C@H]1CN(C(=O)Nc2ccc(C(=O)O)cc2)[C@@H](c2cccc(Cl)c2F)[C@]1(C#N)c1ccc(Cl)cc1F. The number of amides is 2. The Morgan fingerprint density at radius 1 is 1.18 bits per heavy atom. The van der Waals surface area contributed by atoms with Gasteiger partial charge in [0.2, 0.25) is 0 Å². The number of anilines is 1. The number of carbonyl (C=O) groups excluding carboxylic acids is 1. The first-order valence-electron chi connectivity index (χ1n) is 11.9. The average Bonchev–Trinajstić information content (AvgIpc) is 3.20. The van der Waals surface area contributed by atoms with E-state index >= 15 is 8.78 Å². The quantitative estimate of drug-likeness (QED) is 0.299. The van der Waals surface area contributed by atoms with E-state index in [2.05, 4.69) is 18.0 Å². The number of carboxylic acid groups (broad SMARTS) is 1. The summed E-state index contributed by atoms with van der Waals surface area (Å²) >= 11 is 12.1. The molecule has 0 aliphatic carbocycles. The molecule has 3 atom stereocenters. The number of benzene rings is 3. The number of hydrogen-bond acceptors (Lipinski definition) is 3.